The molecule has 6 rings (SSSR count). The third-order valence-electron chi connectivity index (χ3n) is 7.87. The molecule has 2 N–H and O–H groups in total. The van der Waals surface area contributed by atoms with Gasteiger partial charge in [0.1, 0.15) is 5.75 Å². The van der Waals surface area contributed by atoms with Crippen LogP contribution >= 0.6 is 0 Å². The fourth-order valence-corrected chi connectivity index (χ4v) is 6.12. The third-order valence-corrected chi connectivity index (χ3v) is 7.87. The number of para-hydroxylation sites is 1. The molecule has 3 saturated carbocycles. The van der Waals surface area contributed by atoms with E-state index in [-0.39, 0.29) is 29.1 Å². The monoisotopic (exact) mass is 427 g/mol. The number of ether oxygens (including phenoxy) is 2. The molecule has 1 saturated heterocycles. The van der Waals surface area contributed by atoms with Gasteiger partial charge in [0, 0.05) is 37.9 Å². The fraction of sp³-hybridized carbons (Fsp3) is 0.667. The number of morpholine rings is 1. The molecule has 4 fully saturated rings. The Hall–Kier alpha value is -2.12. The zero-order valence-electron chi connectivity index (χ0n) is 18.3. The highest BCUT2D eigenvalue weighted by Gasteiger charge is 2.61. The van der Waals surface area contributed by atoms with Crippen LogP contribution in [0.2, 0.25) is 0 Å². The number of benzene rings is 1. The number of nitrogens with zero attached hydrogens (tertiary/aromatic N) is 1. The second kappa shape index (κ2) is 8.10. The van der Waals surface area contributed by atoms with Crippen molar-refractivity contribution in [1.82, 2.24) is 15.5 Å². The molecule has 2 bridgehead atoms. The van der Waals surface area contributed by atoms with Crippen LogP contribution in [0.3, 0.4) is 0 Å². The van der Waals surface area contributed by atoms with Crippen molar-refractivity contribution < 1.29 is 19.1 Å². The molecule has 31 heavy (non-hydrogen) atoms. The van der Waals surface area contributed by atoms with E-state index in [9.17, 15) is 9.59 Å². The summed E-state index contributed by atoms with van der Waals surface area (Å²) >= 11 is 0. The van der Waals surface area contributed by atoms with Crippen LogP contribution in [0.1, 0.15) is 49.4 Å². The van der Waals surface area contributed by atoms with Crippen molar-refractivity contribution in [2.45, 2.75) is 44.8 Å². The molecule has 7 nitrogen and oxygen atoms in total. The summed E-state index contributed by atoms with van der Waals surface area (Å²) < 4.78 is 11.8. The van der Waals surface area contributed by atoms with E-state index in [4.69, 9.17) is 9.47 Å². The van der Waals surface area contributed by atoms with Crippen molar-refractivity contribution in [2.75, 3.05) is 39.4 Å². The molecule has 0 radical (unpaired) electrons. The number of amides is 2. The maximum atomic E-state index is 13.1. The van der Waals surface area contributed by atoms with Crippen LogP contribution in [0.5, 0.6) is 5.75 Å². The first-order valence-corrected chi connectivity index (χ1v) is 11.7. The van der Waals surface area contributed by atoms with E-state index < -0.39 is 5.72 Å². The van der Waals surface area contributed by atoms with Crippen LogP contribution in [0.4, 0.5) is 0 Å². The predicted octanol–water partition coefficient (Wildman–Crippen LogP) is 2.17. The Balaban J connectivity index is 1.21. The molecule has 2 heterocycles. The molecule has 168 valence electrons. The zero-order valence-corrected chi connectivity index (χ0v) is 18.3. The number of hydrogen-bond acceptors (Lipinski definition) is 5. The minimum Gasteiger partial charge on any atom is -0.467 e. The predicted molar refractivity (Wildman–Crippen MR) is 116 cm³/mol. The van der Waals surface area contributed by atoms with Crippen molar-refractivity contribution in [3.8, 4) is 5.75 Å². The van der Waals surface area contributed by atoms with Gasteiger partial charge in [-0.1, -0.05) is 19.1 Å². The lowest BCUT2D eigenvalue weighted by molar-refractivity contribution is -0.167. The minimum atomic E-state index is -0.689. The van der Waals surface area contributed by atoms with Gasteiger partial charge in [0.25, 0.3) is 5.91 Å². The number of carbonyl (C=O) groups excluding carboxylic acids is 2. The summed E-state index contributed by atoms with van der Waals surface area (Å²) in [7, 11) is 0. The Labute approximate surface area is 183 Å². The highest BCUT2D eigenvalue weighted by atomic mass is 16.5. The smallest absolute Gasteiger partial charge is 0.258 e. The zero-order chi connectivity index (χ0) is 21.5. The van der Waals surface area contributed by atoms with Crippen molar-refractivity contribution in [3.63, 3.8) is 0 Å². The van der Waals surface area contributed by atoms with Gasteiger partial charge in [-0.3, -0.25) is 14.5 Å². The lowest BCUT2D eigenvalue weighted by atomic mass is 9.52. The lowest BCUT2D eigenvalue weighted by Crippen LogP contribution is -2.69. The van der Waals surface area contributed by atoms with Crippen LogP contribution in [0.15, 0.2) is 24.3 Å². The topological polar surface area (TPSA) is 79.9 Å². The van der Waals surface area contributed by atoms with E-state index in [0.717, 1.165) is 58.5 Å². The average Bonchev–Trinajstić information content (AvgIpc) is 2.77. The summed E-state index contributed by atoms with van der Waals surface area (Å²) in [5.41, 5.74) is -0.275. The van der Waals surface area contributed by atoms with Gasteiger partial charge in [0.2, 0.25) is 5.91 Å². The fourth-order valence-electron chi connectivity index (χ4n) is 6.12. The quantitative estimate of drug-likeness (QED) is 0.704. The summed E-state index contributed by atoms with van der Waals surface area (Å²) in [5.74, 6) is 0.869. The van der Waals surface area contributed by atoms with Crippen LogP contribution in [-0.2, 0) is 9.53 Å². The molecule has 4 atom stereocenters. The van der Waals surface area contributed by atoms with Crippen molar-refractivity contribution >= 4 is 11.8 Å². The number of carbonyl (C=O) groups is 2. The van der Waals surface area contributed by atoms with Gasteiger partial charge >= 0.3 is 0 Å². The molecule has 0 aromatic heterocycles. The molecule has 3 aliphatic carbocycles. The van der Waals surface area contributed by atoms with Crippen LogP contribution in [0, 0.1) is 17.3 Å². The highest BCUT2D eigenvalue weighted by molar-refractivity contribution is 5.98. The van der Waals surface area contributed by atoms with Crippen molar-refractivity contribution in [2.24, 2.45) is 17.3 Å². The molecule has 7 heteroatoms. The molecule has 5 aliphatic rings. The molecule has 0 unspecified atom stereocenters. The van der Waals surface area contributed by atoms with Crippen molar-refractivity contribution in [3.05, 3.63) is 29.8 Å². The Kier molecular flexibility index (Phi) is 5.42. The van der Waals surface area contributed by atoms with Gasteiger partial charge in [-0.15, -0.1) is 0 Å². The Morgan fingerprint density at radius 3 is 2.90 bits per heavy atom. The average molecular weight is 428 g/mol. The molecular formula is C24H33N3O4. The number of rotatable bonds is 5. The summed E-state index contributed by atoms with van der Waals surface area (Å²) in [5, 5.41) is 6.38. The Morgan fingerprint density at radius 2 is 2.10 bits per heavy atom. The largest absolute Gasteiger partial charge is 0.467 e. The van der Waals surface area contributed by atoms with Gasteiger partial charge in [-0.2, -0.15) is 0 Å². The molecule has 2 amide bonds. The van der Waals surface area contributed by atoms with Gasteiger partial charge in [0.15, 0.2) is 5.72 Å². The maximum Gasteiger partial charge on any atom is 0.258 e. The normalized spacial score (nSPS) is 34.7. The Bertz CT molecular complexity index is 855. The molecule has 1 aromatic rings. The van der Waals surface area contributed by atoms with Gasteiger partial charge in [-0.05, 0) is 49.8 Å². The standard InChI is InChI=1S/C24H33N3O4/c1-23-8-7-17(24(16-23)26-21(28)18-5-2-3-6-20(18)31-24)15-19(23)22(29)25-9-4-10-27-11-13-30-14-12-27/h2-3,5-6,17,19H,4,7-16H2,1H3,(H,25,29)(H,26,28)/t17-,19-,23-,24+/m0/s1. The van der Waals surface area contributed by atoms with E-state index in [1.807, 2.05) is 18.2 Å². The summed E-state index contributed by atoms with van der Waals surface area (Å²) in [6, 6.07) is 7.43. The number of fused-ring (bicyclic) bond motifs is 3. The van der Waals surface area contributed by atoms with Crippen LogP contribution in [-0.4, -0.2) is 61.8 Å². The highest BCUT2D eigenvalue weighted by Crippen LogP contribution is 2.58. The van der Waals surface area contributed by atoms with E-state index in [1.165, 1.54) is 0 Å². The van der Waals surface area contributed by atoms with E-state index in [2.05, 4.69) is 22.5 Å². The van der Waals surface area contributed by atoms with Crippen LogP contribution in [0.25, 0.3) is 0 Å². The molecule has 1 spiro atoms. The first kappa shape index (κ1) is 20.8. The van der Waals surface area contributed by atoms with Gasteiger partial charge in [0.05, 0.1) is 18.8 Å². The maximum absolute atomic E-state index is 13.1. The lowest BCUT2D eigenvalue weighted by Gasteiger charge is -2.59. The third kappa shape index (κ3) is 3.82. The summed E-state index contributed by atoms with van der Waals surface area (Å²) in [4.78, 5) is 28.3. The van der Waals surface area contributed by atoms with Gasteiger partial charge in [-0.25, -0.2) is 0 Å². The van der Waals surface area contributed by atoms with Crippen LogP contribution < -0.4 is 15.4 Å². The number of nitrogens with one attached hydrogen (secondary N) is 2. The van der Waals surface area contributed by atoms with Gasteiger partial charge < -0.3 is 20.1 Å². The second-order valence-electron chi connectivity index (χ2n) is 9.90. The molecule has 2 aliphatic heterocycles. The van der Waals surface area contributed by atoms with E-state index >= 15 is 0 Å². The second-order valence-corrected chi connectivity index (χ2v) is 9.90. The van der Waals surface area contributed by atoms with Crippen molar-refractivity contribution in [1.29, 1.82) is 0 Å². The molecule has 1 aromatic carbocycles. The summed E-state index contributed by atoms with van der Waals surface area (Å²) in [6.45, 7) is 7.46. The summed E-state index contributed by atoms with van der Waals surface area (Å²) in [6.07, 6.45) is 4.36. The van der Waals surface area contributed by atoms with E-state index in [0.29, 0.717) is 24.3 Å². The molecular weight excluding hydrogens is 394 g/mol. The first-order valence-electron chi connectivity index (χ1n) is 11.7. The SMILES string of the molecule is C[C@@]12CC[C@@H](C[C@H]1C(=O)NCCCN1CCOCC1)[C@]1(C2)NC(=O)c2ccccc2O1. The number of hydrogen-bond donors (Lipinski definition) is 2. The minimum absolute atomic E-state index is 0.0297. The first-order chi connectivity index (χ1) is 15.0. The Morgan fingerprint density at radius 1 is 1.29 bits per heavy atom. The van der Waals surface area contributed by atoms with E-state index in [1.54, 1.807) is 6.07 Å².